The van der Waals surface area contributed by atoms with E-state index in [4.69, 9.17) is 4.74 Å². The maximum Gasteiger partial charge on any atom is 0.122 e. The highest BCUT2D eigenvalue weighted by atomic mass is 16.5. The molecule has 3 rings (SSSR count). The van der Waals surface area contributed by atoms with Gasteiger partial charge in [0, 0.05) is 12.1 Å². The zero-order valence-electron chi connectivity index (χ0n) is 7.71. The smallest absolute Gasteiger partial charge is 0.122 e. The number of benzene rings is 1. The molecule has 13 heavy (non-hydrogen) atoms. The van der Waals surface area contributed by atoms with Gasteiger partial charge in [0.25, 0.3) is 0 Å². The average molecular weight is 175 g/mol. The molecule has 0 radical (unpaired) electrons. The van der Waals surface area contributed by atoms with Crippen molar-refractivity contribution in [1.82, 2.24) is 5.32 Å². The third kappa shape index (κ3) is 1.05. The first-order valence-electron chi connectivity index (χ1n) is 4.79. The number of methoxy groups -OCH3 is 1. The Hall–Kier alpha value is -1.02. The van der Waals surface area contributed by atoms with E-state index in [9.17, 15) is 0 Å². The van der Waals surface area contributed by atoms with E-state index >= 15 is 0 Å². The number of hydrogen-bond acceptors (Lipinski definition) is 2. The minimum absolute atomic E-state index is 0.726. The molecule has 1 aliphatic heterocycles. The molecule has 1 aliphatic carbocycles. The van der Waals surface area contributed by atoms with Gasteiger partial charge < -0.3 is 10.1 Å². The molecule has 2 aliphatic rings. The molecule has 0 spiro atoms. The molecule has 1 saturated heterocycles. The Labute approximate surface area is 77.9 Å². The van der Waals surface area contributed by atoms with Crippen molar-refractivity contribution in [2.24, 2.45) is 0 Å². The molecule has 1 aromatic rings. The highest BCUT2D eigenvalue weighted by Gasteiger charge is 2.40. The minimum atomic E-state index is 0.726. The predicted octanol–water partition coefficient (Wildman–Crippen LogP) is 1.13. The number of nitrogens with one attached hydrogen (secondary N) is 1. The molecule has 0 unspecified atom stereocenters. The molecule has 2 atom stereocenters. The molecule has 2 nitrogen and oxygen atoms in total. The first-order chi connectivity index (χ1) is 6.38. The first kappa shape index (κ1) is 7.39. The summed E-state index contributed by atoms with van der Waals surface area (Å²) in [5, 5.41) is 3.47. The van der Waals surface area contributed by atoms with Gasteiger partial charge in [-0.3, -0.25) is 0 Å². The Balaban J connectivity index is 2.07. The lowest BCUT2D eigenvalue weighted by Gasteiger charge is -2.16. The summed E-state index contributed by atoms with van der Waals surface area (Å²) in [6.45, 7) is 0. The molecule has 2 heteroatoms. The predicted molar refractivity (Wildman–Crippen MR) is 51.1 cm³/mol. The van der Waals surface area contributed by atoms with Gasteiger partial charge >= 0.3 is 0 Å². The van der Waals surface area contributed by atoms with E-state index in [0.29, 0.717) is 0 Å². The van der Waals surface area contributed by atoms with E-state index in [0.717, 1.165) is 24.3 Å². The van der Waals surface area contributed by atoms with E-state index in [1.165, 1.54) is 17.5 Å². The van der Waals surface area contributed by atoms with Crippen molar-refractivity contribution < 1.29 is 4.74 Å². The van der Waals surface area contributed by atoms with Crippen LogP contribution in [0.4, 0.5) is 0 Å². The number of hydrogen-bond donors (Lipinski definition) is 1. The Kier molecular flexibility index (Phi) is 1.41. The van der Waals surface area contributed by atoms with E-state index in [1.807, 2.05) is 0 Å². The number of fused-ring (bicyclic) bond motifs is 2. The van der Waals surface area contributed by atoms with Crippen molar-refractivity contribution in [2.45, 2.75) is 24.9 Å². The second-order valence-electron chi connectivity index (χ2n) is 3.89. The Morgan fingerprint density at radius 1 is 1.31 bits per heavy atom. The molecule has 0 bridgehead atoms. The summed E-state index contributed by atoms with van der Waals surface area (Å²) < 4.78 is 5.35. The third-order valence-corrected chi connectivity index (χ3v) is 3.12. The lowest BCUT2D eigenvalue weighted by Crippen LogP contribution is -2.12. The van der Waals surface area contributed by atoms with Gasteiger partial charge in [0.1, 0.15) is 5.75 Å². The largest absolute Gasteiger partial charge is 0.496 e. The third-order valence-electron chi connectivity index (χ3n) is 3.12. The van der Waals surface area contributed by atoms with E-state index in [-0.39, 0.29) is 0 Å². The fourth-order valence-electron chi connectivity index (χ4n) is 2.30. The van der Waals surface area contributed by atoms with Gasteiger partial charge in [-0.2, -0.15) is 0 Å². The lowest BCUT2D eigenvalue weighted by molar-refractivity contribution is 0.407. The molecule has 0 saturated carbocycles. The van der Waals surface area contributed by atoms with Crippen molar-refractivity contribution in [3.63, 3.8) is 0 Å². The van der Waals surface area contributed by atoms with Gasteiger partial charge in [-0.15, -0.1) is 0 Å². The van der Waals surface area contributed by atoms with Crippen LogP contribution in [0.1, 0.15) is 11.1 Å². The Morgan fingerprint density at radius 2 is 2.15 bits per heavy atom. The van der Waals surface area contributed by atoms with Gasteiger partial charge in [-0.1, -0.05) is 12.1 Å². The summed E-state index contributed by atoms with van der Waals surface area (Å²) in [6, 6.07) is 7.83. The van der Waals surface area contributed by atoms with E-state index in [1.54, 1.807) is 7.11 Å². The zero-order valence-corrected chi connectivity index (χ0v) is 7.71. The van der Waals surface area contributed by atoms with Crippen LogP contribution in [0.25, 0.3) is 0 Å². The molecular weight excluding hydrogens is 162 g/mol. The first-order valence-corrected chi connectivity index (χ1v) is 4.79. The highest BCUT2D eigenvalue weighted by Crippen LogP contribution is 2.34. The van der Waals surface area contributed by atoms with Gasteiger partial charge in [0.2, 0.25) is 0 Å². The minimum Gasteiger partial charge on any atom is -0.496 e. The fraction of sp³-hybridized carbons (Fsp3) is 0.455. The summed E-state index contributed by atoms with van der Waals surface area (Å²) in [5.74, 6) is 1.06. The van der Waals surface area contributed by atoms with Crippen molar-refractivity contribution >= 4 is 0 Å². The number of rotatable bonds is 1. The van der Waals surface area contributed by atoms with Crippen molar-refractivity contribution in [2.75, 3.05) is 7.11 Å². The van der Waals surface area contributed by atoms with Crippen LogP contribution in [-0.4, -0.2) is 19.2 Å². The monoisotopic (exact) mass is 175 g/mol. The zero-order chi connectivity index (χ0) is 8.84. The van der Waals surface area contributed by atoms with Gasteiger partial charge in [0.15, 0.2) is 0 Å². The molecule has 68 valence electrons. The molecule has 1 fully saturated rings. The average Bonchev–Trinajstić information content (AvgIpc) is 2.91. The summed E-state index contributed by atoms with van der Waals surface area (Å²) in [7, 11) is 1.75. The van der Waals surface area contributed by atoms with Gasteiger partial charge in [-0.05, 0) is 30.0 Å². The van der Waals surface area contributed by atoms with E-state index in [2.05, 4.69) is 23.5 Å². The normalized spacial score (nSPS) is 29.0. The molecule has 0 amide bonds. The molecule has 0 aromatic heterocycles. The van der Waals surface area contributed by atoms with Crippen LogP contribution < -0.4 is 10.1 Å². The molecule has 1 heterocycles. The number of ether oxygens (including phenoxy) is 1. The second kappa shape index (κ2) is 2.48. The van der Waals surface area contributed by atoms with Crippen LogP contribution in [0.5, 0.6) is 5.75 Å². The SMILES string of the molecule is COc1cccc2c1C[C@@H]1N[C@@H]1C2. The quantitative estimate of drug-likeness (QED) is 0.649. The van der Waals surface area contributed by atoms with Crippen molar-refractivity contribution in [1.29, 1.82) is 0 Å². The van der Waals surface area contributed by atoms with Crippen molar-refractivity contribution in [3.05, 3.63) is 29.3 Å². The maximum absolute atomic E-state index is 5.35. The Bertz CT molecular complexity index is 348. The van der Waals surface area contributed by atoms with Gasteiger partial charge in [-0.25, -0.2) is 0 Å². The van der Waals surface area contributed by atoms with E-state index < -0.39 is 0 Å². The lowest BCUT2D eigenvalue weighted by atomic mass is 9.91. The highest BCUT2D eigenvalue weighted by molar-refractivity contribution is 5.45. The van der Waals surface area contributed by atoms with Gasteiger partial charge in [0.05, 0.1) is 7.11 Å². The molecular formula is C11H13NO. The van der Waals surface area contributed by atoms with Crippen LogP contribution in [0.15, 0.2) is 18.2 Å². The summed E-state index contributed by atoms with van der Waals surface area (Å²) >= 11 is 0. The van der Waals surface area contributed by atoms with Crippen LogP contribution in [0.3, 0.4) is 0 Å². The van der Waals surface area contributed by atoms with Crippen LogP contribution >= 0.6 is 0 Å². The molecule has 1 N–H and O–H groups in total. The maximum atomic E-state index is 5.35. The van der Waals surface area contributed by atoms with Crippen molar-refractivity contribution in [3.8, 4) is 5.75 Å². The van der Waals surface area contributed by atoms with Crippen LogP contribution in [-0.2, 0) is 12.8 Å². The topological polar surface area (TPSA) is 31.2 Å². The molecule has 1 aromatic carbocycles. The Morgan fingerprint density at radius 3 is 3.00 bits per heavy atom. The second-order valence-corrected chi connectivity index (χ2v) is 3.89. The fourth-order valence-corrected chi connectivity index (χ4v) is 2.30. The summed E-state index contributed by atoms with van der Waals surface area (Å²) in [5.41, 5.74) is 2.88. The standard InChI is InChI=1S/C11H13NO/c1-13-11-4-2-3-7-5-9-10(12-9)6-8(7)11/h2-4,9-10,12H,5-6H2,1H3/t9-,10+/m1/s1. The summed E-state index contributed by atoms with van der Waals surface area (Å²) in [4.78, 5) is 0. The van der Waals surface area contributed by atoms with Crippen LogP contribution in [0.2, 0.25) is 0 Å². The summed E-state index contributed by atoms with van der Waals surface area (Å²) in [6.07, 6.45) is 2.32. The van der Waals surface area contributed by atoms with Crippen LogP contribution in [0, 0.1) is 0 Å².